The number of halogens is 1. The predicted octanol–water partition coefficient (Wildman–Crippen LogP) is 6.49. The molecule has 0 spiro atoms. The van der Waals surface area contributed by atoms with Crippen LogP contribution in [-0.4, -0.2) is 28.0 Å². The van der Waals surface area contributed by atoms with Gasteiger partial charge in [-0.05, 0) is 48.4 Å². The first-order valence-corrected chi connectivity index (χ1v) is 12.8. The molecule has 0 aliphatic heterocycles. The van der Waals surface area contributed by atoms with Gasteiger partial charge in [0.1, 0.15) is 11.7 Å². The van der Waals surface area contributed by atoms with Gasteiger partial charge < -0.3 is 15.0 Å². The number of hydrogen-bond acceptors (Lipinski definition) is 4. The maximum atomic E-state index is 12.3. The summed E-state index contributed by atoms with van der Waals surface area (Å²) in [5, 5.41) is 0.691. The minimum atomic E-state index is -0.355. The summed E-state index contributed by atoms with van der Waals surface area (Å²) in [6.45, 7) is 3.23. The molecule has 0 radical (unpaired) electrons. The van der Waals surface area contributed by atoms with Crippen molar-refractivity contribution in [2.75, 3.05) is 6.61 Å². The molecule has 190 valence electrons. The standard InChI is InChI=1S/C31H27ClN4O2/c1-2-38-31(37)25-14-17-28-27(18-25)35-30(36(28)20-22-6-4-3-5-7-22)24-12-10-23(11-13-24)29(33)34-19-21-8-15-26(32)16-9-21/h3-18H,2,19-20H2,1H3,(H2,33,34). The minimum absolute atomic E-state index is 0.322. The van der Waals surface area contributed by atoms with Crippen LogP contribution >= 0.6 is 11.6 Å². The molecule has 0 bridgehead atoms. The molecule has 5 aromatic rings. The molecule has 0 aliphatic carbocycles. The Labute approximate surface area is 226 Å². The van der Waals surface area contributed by atoms with Gasteiger partial charge in [-0.3, -0.25) is 4.99 Å². The maximum absolute atomic E-state index is 12.3. The highest BCUT2D eigenvalue weighted by Gasteiger charge is 2.16. The van der Waals surface area contributed by atoms with Gasteiger partial charge in [-0.2, -0.15) is 0 Å². The van der Waals surface area contributed by atoms with Gasteiger partial charge >= 0.3 is 5.97 Å². The lowest BCUT2D eigenvalue weighted by Crippen LogP contribution is -2.13. The van der Waals surface area contributed by atoms with E-state index in [9.17, 15) is 4.79 Å². The van der Waals surface area contributed by atoms with Crippen molar-refractivity contribution in [1.82, 2.24) is 9.55 Å². The smallest absolute Gasteiger partial charge is 0.338 e. The average molecular weight is 523 g/mol. The minimum Gasteiger partial charge on any atom is -0.462 e. The lowest BCUT2D eigenvalue weighted by molar-refractivity contribution is 0.0526. The molecule has 0 amide bonds. The Morgan fingerprint density at radius 1 is 0.921 bits per heavy atom. The Kier molecular flexibility index (Phi) is 7.52. The molecule has 4 aromatic carbocycles. The van der Waals surface area contributed by atoms with Gasteiger partial charge in [0.05, 0.1) is 29.7 Å². The van der Waals surface area contributed by atoms with Crippen LogP contribution in [0.25, 0.3) is 22.4 Å². The summed E-state index contributed by atoms with van der Waals surface area (Å²) < 4.78 is 7.34. The zero-order valence-corrected chi connectivity index (χ0v) is 21.7. The molecule has 0 saturated heterocycles. The van der Waals surface area contributed by atoms with E-state index in [4.69, 9.17) is 27.1 Å². The van der Waals surface area contributed by atoms with Crippen LogP contribution in [0.4, 0.5) is 0 Å². The van der Waals surface area contributed by atoms with Gasteiger partial charge in [0.25, 0.3) is 0 Å². The fourth-order valence-corrected chi connectivity index (χ4v) is 4.39. The number of carbonyl (C=O) groups excluding carboxylic acids is 1. The normalized spacial score (nSPS) is 11.6. The van der Waals surface area contributed by atoms with Crippen LogP contribution in [0.3, 0.4) is 0 Å². The van der Waals surface area contributed by atoms with Crippen molar-refractivity contribution in [1.29, 1.82) is 0 Å². The van der Waals surface area contributed by atoms with E-state index in [1.807, 2.05) is 72.8 Å². The van der Waals surface area contributed by atoms with Crippen molar-refractivity contribution in [3.05, 3.63) is 124 Å². The predicted molar refractivity (Wildman–Crippen MR) is 153 cm³/mol. The molecule has 0 saturated carbocycles. The third-order valence-electron chi connectivity index (χ3n) is 6.23. The quantitative estimate of drug-likeness (QED) is 0.143. The monoisotopic (exact) mass is 522 g/mol. The van der Waals surface area contributed by atoms with Crippen LogP contribution in [0, 0.1) is 0 Å². The fraction of sp³-hybridized carbons (Fsp3) is 0.129. The molecule has 6 nitrogen and oxygen atoms in total. The van der Waals surface area contributed by atoms with E-state index in [1.54, 1.807) is 19.1 Å². The van der Waals surface area contributed by atoms with Gasteiger partial charge in [0.15, 0.2) is 0 Å². The molecule has 0 unspecified atom stereocenters. The Bertz CT molecular complexity index is 1590. The number of carbonyl (C=O) groups is 1. The zero-order chi connectivity index (χ0) is 26.5. The number of aliphatic imine (C=N–C) groups is 1. The molecule has 0 fully saturated rings. The molecule has 2 N–H and O–H groups in total. The van der Waals surface area contributed by atoms with Crippen molar-refractivity contribution in [2.24, 2.45) is 10.7 Å². The molecule has 1 aromatic heterocycles. The molecule has 0 atom stereocenters. The van der Waals surface area contributed by atoms with Gasteiger partial charge in [-0.1, -0.05) is 78.3 Å². The summed E-state index contributed by atoms with van der Waals surface area (Å²) >= 11 is 5.96. The van der Waals surface area contributed by atoms with E-state index in [2.05, 4.69) is 21.7 Å². The molecular weight excluding hydrogens is 496 g/mol. The lowest BCUT2D eigenvalue weighted by Gasteiger charge is -2.11. The first-order chi connectivity index (χ1) is 18.5. The zero-order valence-electron chi connectivity index (χ0n) is 21.0. The molecule has 5 rings (SSSR count). The number of rotatable bonds is 8. The van der Waals surface area contributed by atoms with Gasteiger partial charge in [-0.15, -0.1) is 0 Å². The second-order valence-corrected chi connectivity index (χ2v) is 9.27. The summed E-state index contributed by atoms with van der Waals surface area (Å²) in [7, 11) is 0. The highest BCUT2D eigenvalue weighted by atomic mass is 35.5. The van der Waals surface area contributed by atoms with Crippen LogP contribution in [0.15, 0.2) is 102 Å². The van der Waals surface area contributed by atoms with E-state index in [1.165, 1.54) is 0 Å². The summed E-state index contributed by atoms with van der Waals surface area (Å²) in [5.74, 6) is 0.905. The highest BCUT2D eigenvalue weighted by Crippen LogP contribution is 2.27. The molecule has 0 aliphatic rings. The number of nitrogens with two attached hydrogens (primary N) is 1. The number of nitrogens with zero attached hydrogens (tertiary/aromatic N) is 3. The Morgan fingerprint density at radius 3 is 2.34 bits per heavy atom. The number of amidine groups is 1. The number of ether oxygens (including phenoxy) is 1. The number of imidazole rings is 1. The van der Waals surface area contributed by atoms with E-state index < -0.39 is 0 Å². The van der Waals surface area contributed by atoms with E-state index >= 15 is 0 Å². The molecule has 38 heavy (non-hydrogen) atoms. The topological polar surface area (TPSA) is 82.5 Å². The Balaban J connectivity index is 1.48. The number of fused-ring (bicyclic) bond motifs is 1. The van der Waals surface area contributed by atoms with Crippen LogP contribution in [-0.2, 0) is 17.8 Å². The largest absolute Gasteiger partial charge is 0.462 e. The SMILES string of the molecule is CCOC(=O)c1ccc2c(c1)nc(-c1ccc(C(N)=NCc3ccc(Cl)cc3)cc1)n2Cc1ccccc1. The van der Waals surface area contributed by atoms with Crippen molar-refractivity contribution in [2.45, 2.75) is 20.0 Å². The summed E-state index contributed by atoms with van der Waals surface area (Å²) in [6, 6.07) is 31.2. The summed E-state index contributed by atoms with van der Waals surface area (Å²) in [4.78, 5) is 21.8. The number of benzene rings is 4. The van der Waals surface area contributed by atoms with Crippen LogP contribution in [0.5, 0.6) is 0 Å². The molecule has 7 heteroatoms. The molecule has 1 heterocycles. The van der Waals surface area contributed by atoms with Crippen molar-refractivity contribution in [3.63, 3.8) is 0 Å². The number of aromatic nitrogens is 2. The van der Waals surface area contributed by atoms with Crippen LogP contribution in [0.1, 0.15) is 34.0 Å². The fourth-order valence-electron chi connectivity index (χ4n) is 4.27. The van der Waals surface area contributed by atoms with E-state index in [0.29, 0.717) is 36.1 Å². The van der Waals surface area contributed by atoms with Crippen molar-refractivity contribution >= 4 is 34.4 Å². The van der Waals surface area contributed by atoms with Crippen LogP contribution in [0.2, 0.25) is 5.02 Å². The van der Waals surface area contributed by atoms with E-state index in [-0.39, 0.29) is 5.97 Å². The third kappa shape index (κ3) is 5.61. The second kappa shape index (κ2) is 11.3. The third-order valence-corrected chi connectivity index (χ3v) is 6.48. The van der Waals surface area contributed by atoms with Gasteiger partial charge in [-0.25, -0.2) is 9.78 Å². The van der Waals surface area contributed by atoms with Crippen LogP contribution < -0.4 is 5.73 Å². The average Bonchev–Trinajstić information content (AvgIpc) is 3.30. The Morgan fingerprint density at radius 2 is 1.63 bits per heavy atom. The first-order valence-electron chi connectivity index (χ1n) is 12.4. The molecular formula is C31H27ClN4O2. The van der Waals surface area contributed by atoms with Gasteiger partial charge in [0.2, 0.25) is 0 Å². The van der Waals surface area contributed by atoms with Crippen molar-refractivity contribution < 1.29 is 9.53 Å². The van der Waals surface area contributed by atoms with Gasteiger partial charge in [0, 0.05) is 22.7 Å². The van der Waals surface area contributed by atoms with Crippen molar-refractivity contribution in [3.8, 4) is 11.4 Å². The first kappa shape index (κ1) is 25.2. The lowest BCUT2D eigenvalue weighted by atomic mass is 10.1. The summed E-state index contributed by atoms with van der Waals surface area (Å²) in [6.07, 6.45) is 0. The maximum Gasteiger partial charge on any atom is 0.338 e. The Hall–Kier alpha value is -4.42. The second-order valence-electron chi connectivity index (χ2n) is 8.84. The number of hydrogen-bond donors (Lipinski definition) is 1. The summed E-state index contributed by atoms with van der Waals surface area (Å²) in [5.41, 5.74) is 12.4. The van der Waals surface area contributed by atoms with E-state index in [0.717, 1.165) is 39.1 Å². The number of esters is 1. The highest BCUT2D eigenvalue weighted by molar-refractivity contribution is 6.30.